The molecule has 0 radical (unpaired) electrons. The van der Waals surface area contributed by atoms with E-state index in [4.69, 9.17) is 58.1 Å². The van der Waals surface area contributed by atoms with Gasteiger partial charge in [-0.25, -0.2) is 44.9 Å². The van der Waals surface area contributed by atoms with Crippen LogP contribution in [0.4, 0.5) is 0 Å². The lowest BCUT2D eigenvalue weighted by Gasteiger charge is -2.10. The van der Waals surface area contributed by atoms with Crippen LogP contribution in [0.5, 0.6) is 0 Å². The highest BCUT2D eigenvalue weighted by Gasteiger charge is 2.27. The van der Waals surface area contributed by atoms with Crippen molar-refractivity contribution in [1.29, 1.82) is 0 Å². The van der Waals surface area contributed by atoms with Gasteiger partial charge in [0.15, 0.2) is 69.2 Å². The molecule has 0 saturated heterocycles. The van der Waals surface area contributed by atoms with Gasteiger partial charge in [-0.15, -0.1) is 0 Å². The summed E-state index contributed by atoms with van der Waals surface area (Å²) in [4.78, 5) is 45.5. The van der Waals surface area contributed by atoms with E-state index in [0.717, 1.165) is 205 Å². The fourth-order valence-corrected chi connectivity index (χ4v) is 21.5. The summed E-state index contributed by atoms with van der Waals surface area (Å²) in [6.07, 6.45) is 0. The number of fused-ring (bicyclic) bond motifs is 21. The lowest BCUT2D eigenvalue weighted by molar-refractivity contribution is 0.658. The summed E-state index contributed by atoms with van der Waals surface area (Å²) in [6, 6.07) is 172. The number of aromatic nitrogens is 12. The van der Waals surface area contributed by atoms with Crippen LogP contribution in [-0.2, 0) is 0 Å². The monoisotopic (exact) mass is 1920 g/mol. The minimum absolute atomic E-state index is 0.613. The van der Waals surface area contributed by atoms with E-state index in [1.165, 1.54) is 37.7 Å². The third kappa shape index (κ3) is 15.3. The molecule has 0 spiro atoms. The molecule has 0 atom stereocenters. The summed E-state index contributed by atoms with van der Waals surface area (Å²) >= 11 is 0. The van der Waals surface area contributed by atoms with Gasteiger partial charge in [0.05, 0.1) is 49.8 Å². The Morgan fingerprint density at radius 3 is 0.580 bits per heavy atom. The first-order valence-electron chi connectivity index (χ1n) is 50.2. The average Bonchev–Trinajstić information content (AvgIpc) is 1.57. The molecule has 31 aromatic rings. The molecule has 9 aromatic heterocycles. The Morgan fingerprint density at radius 1 is 0.127 bits per heavy atom. The fourth-order valence-electron chi connectivity index (χ4n) is 21.5. The number of hydrogen-bond acceptors (Lipinski definition) is 12. The SMILES string of the molecule is c1cc(-c2nc(-c3ccc4ccccc4c3)nc(-c3ccc4ccccc4c3)n2)cc(-c2c3ccccc3n3c2oc2ccccc23)c1.c1ccc2cc(-c3nc(-c4ccc(-c5c6ccccc6n6c5oc5ccccc56)cc4)nc(-c4ccc5ccccc5c4)n3)ccc2c1.c1ccc2cc(-c3nc(-c4ccc(-c5ccc(-c6c7ccccc7n7c6oc6ccccc67)cc5)cc4)nc(-c4ccc5ccccc5c4)n3)ccc2c1. The standard InChI is InChI=1S/C49H30N4O.2C43H26N4O/c1-3-11-37-29-39(27-21-31(37)9-1)47-50-46(51-48(52-47)40-28-22-32-10-2-4-12-38(32)30-40)36-25-19-34(20-26-36)33-17-23-35(24-18-33)45-41-13-5-6-14-42(41)53-43-15-7-8-16-44(43)54-49(45)53;1-3-12-29-24-33(22-20-27(29)10-1)41-44-40(45-42(46-41)34-23-21-28-11-2-4-13-30(28)25-34)32-15-9-14-31(26-32)39-35-16-5-6-17-36(35)47-37-18-7-8-19-38(37)48-43(39)47;1-3-11-31-25-33(23-17-27(31)9-1)41-44-40(45-42(46-41)34-24-18-28-10-2-4-12-32(28)26-34)30-21-19-29(20-22-30)39-35-13-5-6-14-36(35)47-37-15-7-8-16-38(37)48-43(39)47/h1-30H;2*1-26H. The van der Waals surface area contributed by atoms with Gasteiger partial charge in [0.1, 0.15) is 0 Å². The molecule has 9 heterocycles. The van der Waals surface area contributed by atoms with Crippen molar-refractivity contribution in [2.24, 2.45) is 0 Å². The Labute approximate surface area is 857 Å². The van der Waals surface area contributed by atoms with Crippen LogP contribution in [0.2, 0.25) is 0 Å². The van der Waals surface area contributed by atoms with Gasteiger partial charge >= 0.3 is 0 Å². The number of para-hydroxylation sites is 9. The lowest BCUT2D eigenvalue weighted by atomic mass is 9.99. The molecule has 700 valence electrons. The third-order valence-electron chi connectivity index (χ3n) is 28.9. The molecule has 150 heavy (non-hydrogen) atoms. The maximum Gasteiger partial charge on any atom is 0.213 e. The van der Waals surface area contributed by atoms with Gasteiger partial charge in [0.25, 0.3) is 0 Å². The van der Waals surface area contributed by atoms with E-state index in [1.54, 1.807) is 0 Å². The molecule has 0 aliphatic carbocycles. The van der Waals surface area contributed by atoms with Crippen molar-refractivity contribution in [2.45, 2.75) is 0 Å². The minimum Gasteiger partial charge on any atom is -0.438 e. The summed E-state index contributed by atoms with van der Waals surface area (Å²) in [5, 5.41) is 17.4. The maximum atomic E-state index is 6.51. The van der Waals surface area contributed by atoms with E-state index in [9.17, 15) is 0 Å². The molecular formula is C135H82N12O3. The summed E-state index contributed by atoms with van der Waals surface area (Å²) in [5.74, 6) is 5.70. The van der Waals surface area contributed by atoms with Crippen LogP contribution in [0.25, 0.3) is 295 Å². The van der Waals surface area contributed by atoms with Crippen LogP contribution in [0.3, 0.4) is 0 Å². The predicted octanol–water partition coefficient (Wildman–Crippen LogP) is 34.7. The van der Waals surface area contributed by atoms with Crippen molar-refractivity contribution >= 4 is 148 Å². The van der Waals surface area contributed by atoms with Crippen LogP contribution in [-0.4, -0.2) is 58.1 Å². The van der Waals surface area contributed by atoms with Gasteiger partial charge in [-0.1, -0.05) is 400 Å². The van der Waals surface area contributed by atoms with Crippen molar-refractivity contribution in [1.82, 2.24) is 58.1 Å². The zero-order valence-corrected chi connectivity index (χ0v) is 80.4. The van der Waals surface area contributed by atoms with Gasteiger partial charge in [-0.05, 0) is 190 Å². The summed E-state index contributed by atoms with van der Waals surface area (Å²) in [7, 11) is 0. The molecule has 31 rings (SSSR count). The molecule has 22 aromatic carbocycles. The highest BCUT2D eigenvalue weighted by Crippen LogP contribution is 2.46. The number of hydrogen-bond donors (Lipinski definition) is 0. The predicted molar refractivity (Wildman–Crippen MR) is 610 cm³/mol. The Balaban J connectivity index is 0.000000106. The Morgan fingerprint density at radius 2 is 0.313 bits per heavy atom. The molecule has 0 fully saturated rings. The second-order valence-electron chi connectivity index (χ2n) is 37.9. The lowest BCUT2D eigenvalue weighted by Crippen LogP contribution is -2.00. The van der Waals surface area contributed by atoms with Crippen LogP contribution in [0, 0.1) is 0 Å². The largest absolute Gasteiger partial charge is 0.438 e. The number of rotatable bonds is 13. The second-order valence-corrected chi connectivity index (χ2v) is 37.9. The molecule has 0 bridgehead atoms. The van der Waals surface area contributed by atoms with Crippen molar-refractivity contribution in [3.63, 3.8) is 0 Å². The maximum absolute atomic E-state index is 6.51. The van der Waals surface area contributed by atoms with E-state index in [1.807, 2.05) is 48.5 Å². The molecule has 15 heteroatoms. The molecule has 0 saturated carbocycles. The highest BCUT2D eigenvalue weighted by molar-refractivity contribution is 6.11. The van der Waals surface area contributed by atoms with Crippen LogP contribution in [0.15, 0.2) is 511 Å². The summed E-state index contributed by atoms with van der Waals surface area (Å²) < 4.78 is 26.1. The normalized spacial score (nSPS) is 11.7. The van der Waals surface area contributed by atoms with Crippen LogP contribution in [0.1, 0.15) is 0 Å². The molecule has 0 aliphatic heterocycles. The second kappa shape index (κ2) is 35.8. The van der Waals surface area contributed by atoms with Crippen LogP contribution >= 0.6 is 0 Å². The molecule has 15 nitrogen and oxygen atoms in total. The Bertz CT molecular complexity index is 10600. The summed E-state index contributed by atoms with van der Waals surface area (Å²) in [6.45, 7) is 0. The average molecular weight is 1920 g/mol. The Hall–Kier alpha value is -20.6. The van der Waals surface area contributed by atoms with Gasteiger partial charge in [0.2, 0.25) is 17.1 Å². The van der Waals surface area contributed by atoms with E-state index < -0.39 is 0 Å². The third-order valence-corrected chi connectivity index (χ3v) is 28.9. The molecule has 0 amide bonds. The zero-order chi connectivity index (χ0) is 98.8. The van der Waals surface area contributed by atoms with Crippen molar-refractivity contribution < 1.29 is 13.3 Å². The summed E-state index contributed by atoms with van der Waals surface area (Å²) in [5.41, 5.74) is 28.7. The van der Waals surface area contributed by atoms with Crippen molar-refractivity contribution in [3.8, 4) is 147 Å². The van der Waals surface area contributed by atoms with Crippen LogP contribution < -0.4 is 0 Å². The molecule has 0 N–H and O–H groups in total. The number of benzene rings is 22. The van der Waals surface area contributed by atoms with Gasteiger partial charge in [-0.3, -0.25) is 13.2 Å². The van der Waals surface area contributed by atoms with E-state index in [0.29, 0.717) is 52.4 Å². The Kier molecular flexibility index (Phi) is 20.6. The number of oxazole rings is 3. The van der Waals surface area contributed by atoms with E-state index in [2.05, 4.69) is 462 Å². The van der Waals surface area contributed by atoms with Gasteiger partial charge in [0, 0.05) is 66.2 Å². The van der Waals surface area contributed by atoms with Crippen molar-refractivity contribution in [3.05, 3.63) is 497 Å². The van der Waals surface area contributed by atoms with Crippen molar-refractivity contribution in [2.75, 3.05) is 0 Å². The van der Waals surface area contributed by atoms with E-state index >= 15 is 0 Å². The quantitative estimate of drug-likeness (QED) is 0.107. The first kappa shape index (κ1) is 86.2. The fraction of sp³-hybridized carbons (Fsp3) is 0. The highest BCUT2D eigenvalue weighted by atomic mass is 16.4. The van der Waals surface area contributed by atoms with E-state index in [-0.39, 0.29) is 0 Å². The molecule has 0 aliphatic rings. The topological polar surface area (TPSA) is 169 Å². The zero-order valence-electron chi connectivity index (χ0n) is 80.4. The number of nitrogens with zero attached hydrogens (tertiary/aromatic N) is 12. The first-order valence-corrected chi connectivity index (χ1v) is 50.2. The van der Waals surface area contributed by atoms with Gasteiger partial charge in [-0.2, -0.15) is 0 Å². The first-order chi connectivity index (χ1) is 74.3. The van der Waals surface area contributed by atoms with Gasteiger partial charge < -0.3 is 13.3 Å². The minimum atomic E-state index is 0.613. The molecular weight excluding hydrogens is 1840 g/mol. The smallest absolute Gasteiger partial charge is 0.213 e. The molecule has 0 unspecified atom stereocenters.